The Balaban J connectivity index is 1.63. The number of rotatable bonds is 7. The van der Waals surface area contributed by atoms with Gasteiger partial charge < -0.3 is 20.2 Å². The van der Waals surface area contributed by atoms with Crippen LogP contribution < -0.4 is 15.2 Å². The summed E-state index contributed by atoms with van der Waals surface area (Å²) in [5.74, 6) is 0.642. The molecule has 7 nitrogen and oxygen atoms in total. The number of benzene rings is 1. The van der Waals surface area contributed by atoms with Crippen LogP contribution in [0.25, 0.3) is 16.4 Å². The number of aromatic amines is 1. The molecule has 0 aliphatic rings. The van der Waals surface area contributed by atoms with Crippen molar-refractivity contribution in [2.45, 2.75) is 39.7 Å². The summed E-state index contributed by atoms with van der Waals surface area (Å²) in [5.41, 5.74) is 8.86. The number of aryl methyl sites for hydroxylation is 2. The van der Waals surface area contributed by atoms with Crippen molar-refractivity contribution in [3.63, 3.8) is 0 Å². The van der Waals surface area contributed by atoms with E-state index in [2.05, 4.69) is 15.1 Å². The summed E-state index contributed by atoms with van der Waals surface area (Å²) in [6.07, 6.45) is 4.90. The summed E-state index contributed by atoms with van der Waals surface area (Å²) < 4.78 is 28.3. The van der Waals surface area contributed by atoms with Gasteiger partial charge in [-0.3, -0.25) is 0 Å². The normalized spacial score (nSPS) is 12.6. The lowest BCUT2D eigenvalue weighted by Crippen LogP contribution is -2.15. The van der Waals surface area contributed by atoms with Crippen LogP contribution in [0.3, 0.4) is 0 Å². The minimum Gasteiger partial charge on any atom is -0.492 e. The molecule has 8 heteroatoms. The van der Waals surface area contributed by atoms with Gasteiger partial charge in [0.1, 0.15) is 17.6 Å². The van der Waals surface area contributed by atoms with Crippen LogP contribution >= 0.6 is 0 Å². The van der Waals surface area contributed by atoms with Crippen LogP contribution in [-0.4, -0.2) is 32.2 Å². The first kappa shape index (κ1) is 19.2. The fourth-order valence-corrected chi connectivity index (χ4v) is 3.38. The van der Waals surface area contributed by atoms with Crippen molar-refractivity contribution < 1.29 is 13.9 Å². The first-order valence-corrected chi connectivity index (χ1v) is 9.61. The van der Waals surface area contributed by atoms with Crippen molar-refractivity contribution >= 4 is 16.4 Å². The van der Waals surface area contributed by atoms with Crippen molar-refractivity contribution in [1.29, 1.82) is 0 Å². The third kappa shape index (κ3) is 3.75. The molecule has 0 saturated heterocycles. The highest BCUT2D eigenvalue weighted by atomic mass is 19.1. The summed E-state index contributed by atoms with van der Waals surface area (Å²) in [4.78, 5) is 7.34. The molecule has 0 aliphatic heterocycles. The summed E-state index contributed by atoms with van der Waals surface area (Å²) in [5, 5.41) is 4.71. The second kappa shape index (κ2) is 7.71. The number of hydrogen-bond acceptors (Lipinski definition) is 5. The summed E-state index contributed by atoms with van der Waals surface area (Å²) >= 11 is 0. The zero-order valence-electron chi connectivity index (χ0n) is 16.7. The molecule has 0 saturated carbocycles. The van der Waals surface area contributed by atoms with E-state index in [0.717, 1.165) is 29.6 Å². The lowest BCUT2D eigenvalue weighted by atomic mass is 10.2. The first-order valence-electron chi connectivity index (χ1n) is 9.61. The fourth-order valence-electron chi connectivity index (χ4n) is 3.38. The molecule has 4 aromatic rings. The third-order valence-corrected chi connectivity index (χ3v) is 4.85. The van der Waals surface area contributed by atoms with E-state index in [1.54, 1.807) is 28.9 Å². The molecule has 152 valence electrons. The molecule has 1 aromatic carbocycles. The van der Waals surface area contributed by atoms with Crippen LogP contribution in [0, 0.1) is 19.7 Å². The Hall–Kier alpha value is -3.13. The van der Waals surface area contributed by atoms with Crippen LogP contribution in [0.2, 0.25) is 0 Å². The summed E-state index contributed by atoms with van der Waals surface area (Å²) in [6.45, 7) is 6.32. The maximum Gasteiger partial charge on any atom is 0.247 e. The molecule has 0 amide bonds. The van der Waals surface area contributed by atoms with E-state index >= 15 is 0 Å². The highest BCUT2D eigenvalue weighted by Crippen LogP contribution is 2.34. The number of nitrogens with two attached hydrogens (primary N) is 1. The van der Waals surface area contributed by atoms with E-state index in [0.29, 0.717) is 23.3 Å². The molecule has 1 atom stereocenters. The van der Waals surface area contributed by atoms with E-state index in [-0.39, 0.29) is 17.7 Å². The van der Waals surface area contributed by atoms with Gasteiger partial charge in [-0.05, 0) is 51.8 Å². The predicted octanol–water partition coefficient (Wildman–Crippen LogP) is 4.27. The number of nitrogens with zero attached hydrogens (tertiary/aromatic N) is 3. The van der Waals surface area contributed by atoms with Crippen molar-refractivity contribution in [2.24, 2.45) is 5.73 Å². The number of fused-ring (bicyclic) bond motifs is 2. The highest BCUT2D eigenvalue weighted by molar-refractivity contribution is 5.83. The number of nitrogens with one attached hydrogen (secondary N) is 1. The van der Waals surface area contributed by atoms with Crippen LogP contribution in [0.5, 0.6) is 17.4 Å². The van der Waals surface area contributed by atoms with Crippen molar-refractivity contribution in [1.82, 2.24) is 19.6 Å². The highest BCUT2D eigenvalue weighted by Gasteiger charge is 2.18. The Morgan fingerprint density at radius 3 is 2.90 bits per heavy atom. The van der Waals surface area contributed by atoms with Crippen molar-refractivity contribution in [2.75, 3.05) is 6.61 Å². The predicted molar refractivity (Wildman–Crippen MR) is 109 cm³/mol. The second-order valence-corrected chi connectivity index (χ2v) is 7.34. The largest absolute Gasteiger partial charge is 0.492 e. The maximum atomic E-state index is 14.9. The topological polar surface area (TPSA) is 90.5 Å². The standard InChI is InChI=1S/C21H24FN5O2/c1-12(23)5-4-8-28-18-10-27-20(14(18)3)21(24-11-25-27)29-17-7-6-16-15(19(17)22)9-13(2)26-16/h6-7,9-12,26H,4-5,8,23H2,1-3H3. The SMILES string of the molecule is Cc1cc2c(F)c(Oc3ncnn4cc(OCCCC(C)N)c(C)c34)ccc2[nH]1. The van der Waals surface area contributed by atoms with E-state index in [9.17, 15) is 4.39 Å². The quantitative estimate of drug-likeness (QED) is 0.455. The number of aromatic nitrogens is 4. The molecule has 1 unspecified atom stereocenters. The Morgan fingerprint density at radius 1 is 1.28 bits per heavy atom. The number of ether oxygens (including phenoxy) is 2. The van der Waals surface area contributed by atoms with E-state index < -0.39 is 5.82 Å². The average Bonchev–Trinajstić information content (AvgIpc) is 3.22. The lowest BCUT2D eigenvalue weighted by molar-refractivity contribution is 0.301. The molecular weight excluding hydrogens is 373 g/mol. The molecule has 0 aliphatic carbocycles. The smallest absolute Gasteiger partial charge is 0.247 e. The van der Waals surface area contributed by atoms with Crippen LogP contribution in [0.1, 0.15) is 31.0 Å². The van der Waals surface area contributed by atoms with E-state index in [4.69, 9.17) is 15.2 Å². The first-order chi connectivity index (χ1) is 13.9. The van der Waals surface area contributed by atoms with Gasteiger partial charge in [0.25, 0.3) is 0 Å². The Labute approximate surface area is 167 Å². The molecule has 29 heavy (non-hydrogen) atoms. The van der Waals surface area contributed by atoms with Gasteiger partial charge in [0.2, 0.25) is 5.88 Å². The van der Waals surface area contributed by atoms with Gasteiger partial charge in [0.15, 0.2) is 11.6 Å². The third-order valence-electron chi connectivity index (χ3n) is 4.85. The van der Waals surface area contributed by atoms with E-state index in [1.807, 2.05) is 20.8 Å². The Bertz CT molecular complexity index is 1170. The minimum absolute atomic E-state index is 0.108. The second-order valence-electron chi connectivity index (χ2n) is 7.34. The fraction of sp³-hybridized carbons (Fsp3) is 0.333. The Kier molecular flexibility index (Phi) is 5.10. The van der Waals surface area contributed by atoms with Gasteiger partial charge in [0.05, 0.1) is 12.8 Å². The monoisotopic (exact) mass is 397 g/mol. The number of hydrogen-bond donors (Lipinski definition) is 2. The zero-order chi connectivity index (χ0) is 20.5. The minimum atomic E-state index is -0.430. The average molecular weight is 397 g/mol. The van der Waals surface area contributed by atoms with Crippen LogP contribution in [-0.2, 0) is 0 Å². The maximum absolute atomic E-state index is 14.9. The van der Waals surface area contributed by atoms with Gasteiger partial charge in [-0.2, -0.15) is 10.1 Å². The molecule has 0 bridgehead atoms. The Morgan fingerprint density at radius 2 is 2.10 bits per heavy atom. The van der Waals surface area contributed by atoms with Gasteiger partial charge in [-0.25, -0.2) is 8.91 Å². The van der Waals surface area contributed by atoms with Gasteiger partial charge in [-0.15, -0.1) is 0 Å². The summed E-state index contributed by atoms with van der Waals surface area (Å²) in [7, 11) is 0. The molecule has 3 heterocycles. The van der Waals surface area contributed by atoms with E-state index in [1.165, 1.54) is 6.33 Å². The molecular formula is C21H24FN5O2. The summed E-state index contributed by atoms with van der Waals surface area (Å²) in [6, 6.07) is 5.28. The molecule has 3 aromatic heterocycles. The van der Waals surface area contributed by atoms with Crippen LogP contribution in [0.4, 0.5) is 4.39 Å². The zero-order valence-corrected chi connectivity index (χ0v) is 16.7. The molecule has 0 fully saturated rings. The molecule has 3 N–H and O–H groups in total. The number of H-pyrrole nitrogens is 1. The van der Waals surface area contributed by atoms with Crippen molar-refractivity contribution in [3.8, 4) is 17.4 Å². The van der Waals surface area contributed by atoms with Gasteiger partial charge in [0, 0.05) is 28.2 Å². The van der Waals surface area contributed by atoms with Crippen LogP contribution in [0.15, 0.2) is 30.7 Å². The molecule has 0 radical (unpaired) electrons. The molecule has 4 rings (SSSR count). The number of halogens is 1. The van der Waals surface area contributed by atoms with Crippen molar-refractivity contribution in [3.05, 3.63) is 47.8 Å². The van der Waals surface area contributed by atoms with Gasteiger partial charge in [-0.1, -0.05) is 0 Å². The molecule has 0 spiro atoms. The van der Waals surface area contributed by atoms with Gasteiger partial charge >= 0.3 is 0 Å². The lowest BCUT2D eigenvalue weighted by Gasteiger charge is -2.09.